The molecule has 0 spiro atoms. The quantitative estimate of drug-likeness (QED) is 0.553. The van der Waals surface area contributed by atoms with E-state index in [1.165, 1.54) is 38.5 Å². The summed E-state index contributed by atoms with van der Waals surface area (Å²) in [6.45, 7) is 4.30. The maximum atomic E-state index is 14.0. The van der Waals surface area contributed by atoms with Gasteiger partial charge in [-0.1, -0.05) is 63.6 Å². The van der Waals surface area contributed by atoms with Gasteiger partial charge in [0.25, 0.3) is 0 Å². The third-order valence-electron chi connectivity index (χ3n) is 4.84. The Morgan fingerprint density at radius 1 is 1.14 bits per heavy atom. The molecule has 0 amide bonds. The van der Waals surface area contributed by atoms with Crippen LogP contribution in [0.25, 0.3) is 0 Å². The third-order valence-corrected chi connectivity index (χ3v) is 4.84. The zero-order chi connectivity index (χ0) is 14.9. The molecule has 0 bridgehead atoms. The average molecular weight is 291 g/mol. The van der Waals surface area contributed by atoms with Crippen molar-refractivity contribution >= 4 is 0 Å². The van der Waals surface area contributed by atoms with Crippen molar-refractivity contribution in [1.29, 1.82) is 0 Å². The van der Waals surface area contributed by atoms with E-state index in [1.807, 2.05) is 12.1 Å². The van der Waals surface area contributed by atoms with E-state index >= 15 is 0 Å². The van der Waals surface area contributed by atoms with Crippen LogP contribution in [-0.2, 0) is 6.42 Å². The molecule has 1 atom stereocenters. The summed E-state index contributed by atoms with van der Waals surface area (Å²) in [6, 6.07) is 7.30. The van der Waals surface area contributed by atoms with Gasteiger partial charge in [0.1, 0.15) is 5.82 Å². The molecular weight excluding hydrogens is 261 g/mol. The number of rotatable bonds is 7. The molecule has 118 valence electrons. The van der Waals surface area contributed by atoms with Crippen molar-refractivity contribution in [3.8, 4) is 0 Å². The van der Waals surface area contributed by atoms with Gasteiger partial charge in [-0.05, 0) is 49.4 Å². The van der Waals surface area contributed by atoms with E-state index in [9.17, 15) is 4.39 Å². The van der Waals surface area contributed by atoms with Crippen LogP contribution < -0.4 is 5.32 Å². The molecule has 2 heteroatoms. The number of hydrogen-bond acceptors (Lipinski definition) is 1. The molecule has 1 aromatic rings. The van der Waals surface area contributed by atoms with Crippen molar-refractivity contribution in [2.45, 2.75) is 58.3 Å². The summed E-state index contributed by atoms with van der Waals surface area (Å²) in [5.41, 5.74) is 0.894. The van der Waals surface area contributed by atoms with E-state index < -0.39 is 0 Å². The standard InChI is InChI=1S/C19H30FN/c1-2-13-21-15-18(16-9-5-3-4-6-10-16)14-17-11-7-8-12-19(17)20/h7-8,11-12,16,18,21H,2-6,9-10,13-15H2,1H3. The molecule has 1 saturated carbocycles. The molecule has 1 fully saturated rings. The second-order valence-electron chi connectivity index (χ2n) is 6.51. The highest BCUT2D eigenvalue weighted by atomic mass is 19.1. The lowest BCUT2D eigenvalue weighted by Crippen LogP contribution is -2.30. The van der Waals surface area contributed by atoms with Crippen LogP contribution in [0, 0.1) is 17.7 Å². The maximum Gasteiger partial charge on any atom is 0.126 e. The van der Waals surface area contributed by atoms with Crippen molar-refractivity contribution < 1.29 is 4.39 Å². The van der Waals surface area contributed by atoms with Crippen LogP contribution in [-0.4, -0.2) is 13.1 Å². The predicted octanol–water partition coefficient (Wildman–Crippen LogP) is 4.95. The van der Waals surface area contributed by atoms with E-state index in [0.29, 0.717) is 5.92 Å². The van der Waals surface area contributed by atoms with Crippen LogP contribution in [0.5, 0.6) is 0 Å². The lowest BCUT2D eigenvalue weighted by atomic mass is 9.82. The minimum atomic E-state index is -0.0355. The van der Waals surface area contributed by atoms with E-state index in [-0.39, 0.29) is 5.82 Å². The first kappa shape index (κ1) is 16.5. The first-order valence-corrected chi connectivity index (χ1v) is 8.75. The van der Waals surface area contributed by atoms with Gasteiger partial charge in [0, 0.05) is 0 Å². The van der Waals surface area contributed by atoms with Gasteiger partial charge in [-0.3, -0.25) is 0 Å². The summed E-state index contributed by atoms with van der Waals surface area (Å²) >= 11 is 0. The summed E-state index contributed by atoms with van der Waals surface area (Å²) in [7, 11) is 0. The molecule has 21 heavy (non-hydrogen) atoms. The fourth-order valence-corrected chi connectivity index (χ4v) is 3.60. The zero-order valence-corrected chi connectivity index (χ0v) is 13.4. The Bertz CT molecular complexity index is 396. The second-order valence-corrected chi connectivity index (χ2v) is 6.51. The van der Waals surface area contributed by atoms with Crippen LogP contribution in [0.4, 0.5) is 4.39 Å². The molecule has 1 N–H and O–H groups in total. The molecular formula is C19H30FN. The van der Waals surface area contributed by atoms with Gasteiger partial charge in [-0.2, -0.15) is 0 Å². The number of hydrogen-bond donors (Lipinski definition) is 1. The van der Waals surface area contributed by atoms with Crippen LogP contribution in [0.3, 0.4) is 0 Å². The molecule has 0 aromatic heterocycles. The highest BCUT2D eigenvalue weighted by molar-refractivity contribution is 5.18. The van der Waals surface area contributed by atoms with Crippen LogP contribution in [0.2, 0.25) is 0 Å². The summed E-state index contributed by atoms with van der Waals surface area (Å²) in [6.07, 6.45) is 10.2. The van der Waals surface area contributed by atoms with Crippen molar-refractivity contribution in [3.05, 3.63) is 35.6 Å². The SMILES string of the molecule is CCCNCC(Cc1ccccc1F)C1CCCCCC1. The van der Waals surface area contributed by atoms with Gasteiger partial charge < -0.3 is 5.32 Å². The second kappa shape index (κ2) is 9.19. The summed E-state index contributed by atoms with van der Waals surface area (Å²) < 4.78 is 14.0. The van der Waals surface area contributed by atoms with Gasteiger partial charge in [-0.15, -0.1) is 0 Å². The molecule has 0 radical (unpaired) electrons. The summed E-state index contributed by atoms with van der Waals surface area (Å²) in [4.78, 5) is 0. The smallest absolute Gasteiger partial charge is 0.126 e. The number of benzene rings is 1. The van der Waals surface area contributed by atoms with E-state index in [2.05, 4.69) is 12.2 Å². The predicted molar refractivity (Wildman–Crippen MR) is 87.9 cm³/mol. The number of nitrogens with one attached hydrogen (secondary N) is 1. The van der Waals surface area contributed by atoms with Gasteiger partial charge in [0.05, 0.1) is 0 Å². The normalized spacial score (nSPS) is 18.4. The molecule has 1 aliphatic rings. The van der Waals surface area contributed by atoms with Crippen molar-refractivity contribution in [2.75, 3.05) is 13.1 Å². The van der Waals surface area contributed by atoms with Crippen LogP contribution in [0.15, 0.2) is 24.3 Å². The molecule has 2 rings (SSSR count). The highest BCUT2D eigenvalue weighted by Gasteiger charge is 2.23. The maximum absolute atomic E-state index is 14.0. The van der Waals surface area contributed by atoms with Crippen molar-refractivity contribution in [2.24, 2.45) is 11.8 Å². The Balaban J connectivity index is 2.01. The van der Waals surface area contributed by atoms with E-state index in [1.54, 1.807) is 12.1 Å². The van der Waals surface area contributed by atoms with Crippen LogP contribution in [0.1, 0.15) is 57.4 Å². The minimum Gasteiger partial charge on any atom is -0.316 e. The monoisotopic (exact) mass is 291 g/mol. The first-order chi connectivity index (χ1) is 10.3. The molecule has 1 aromatic carbocycles. The Kier molecular flexibility index (Phi) is 7.21. The zero-order valence-electron chi connectivity index (χ0n) is 13.4. The highest BCUT2D eigenvalue weighted by Crippen LogP contribution is 2.31. The molecule has 1 nitrogen and oxygen atoms in total. The topological polar surface area (TPSA) is 12.0 Å². The van der Waals surface area contributed by atoms with Gasteiger partial charge in [0.2, 0.25) is 0 Å². The first-order valence-electron chi connectivity index (χ1n) is 8.75. The molecule has 1 unspecified atom stereocenters. The lowest BCUT2D eigenvalue weighted by Gasteiger charge is -2.27. The lowest BCUT2D eigenvalue weighted by molar-refractivity contribution is 0.282. The van der Waals surface area contributed by atoms with Crippen LogP contribution >= 0.6 is 0 Å². The largest absolute Gasteiger partial charge is 0.316 e. The Labute approximate surface area is 129 Å². The van der Waals surface area contributed by atoms with Gasteiger partial charge >= 0.3 is 0 Å². The van der Waals surface area contributed by atoms with Crippen molar-refractivity contribution in [3.63, 3.8) is 0 Å². The molecule has 1 aliphatic carbocycles. The Morgan fingerprint density at radius 3 is 2.52 bits per heavy atom. The van der Waals surface area contributed by atoms with E-state index in [4.69, 9.17) is 0 Å². The molecule has 0 aliphatic heterocycles. The fraction of sp³-hybridized carbons (Fsp3) is 0.684. The molecule has 0 saturated heterocycles. The molecule has 0 heterocycles. The van der Waals surface area contributed by atoms with E-state index in [0.717, 1.165) is 37.4 Å². The fourth-order valence-electron chi connectivity index (χ4n) is 3.60. The van der Waals surface area contributed by atoms with Gasteiger partial charge in [-0.25, -0.2) is 4.39 Å². The average Bonchev–Trinajstić information content (AvgIpc) is 2.77. The third kappa shape index (κ3) is 5.43. The summed E-state index contributed by atoms with van der Waals surface area (Å²) in [5.74, 6) is 1.30. The Hall–Kier alpha value is -0.890. The minimum absolute atomic E-state index is 0.0355. The van der Waals surface area contributed by atoms with Crippen molar-refractivity contribution in [1.82, 2.24) is 5.32 Å². The Morgan fingerprint density at radius 2 is 1.86 bits per heavy atom. The van der Waals surface area contributed by atoms with Gasteiger partial charge in [0.15, 0.2) is 0 Å². The number of halogens is 1. The summed E-state index contributed by atoms with van der Waals surface area (Å²) in [5, 5.41) is 3.57.